The lowest BCUT2D eigenvalue weighted by molar-refractivity contribution is -0.131. The molecule has 0 saturated heterocycles. The Balaban J connectivity index is 1.98. The summed E-state index contributed by atoms with van der Waals surface area (Å²) in [5.41, 5.74) is 3.60. The third-order valence-electron chi connectivity index (χ3n) is 3.36. The van der Waals surface area contributed by atoms with Crippen molar-refractivity contribution < 1.29 is 19.4 Å². The van der Waals surface area contributed by atoms with Gasteiger partial charge in [-0.15, -0.1) is 0 Å². The molecule has 1 aliphatic heterocycles. The van der Waals surface area contributed by atoms with Crippen LogP contribution in [0.1, 0.15) is 12.5 Å². The van der Waals surface area contributed by atoms with Crippen LogP contribution < -0.4 is 9.47 Å². The van der Waals surface area contributed by atoms with E-state index in [2.05, 4.69) is 0 Å². The SMILES string of the molecule is C/C(=C\C(=O)O)c1cccc(-c2ccc3c(c2)OCO3)c1. The zero-order chi connectivity index (χ0) is 14.8. The number of benzene rings is 2. The van der Waals surface area contributed by atoms with E-state index in [1.165, 1.54) is 6.08 Å². The van der Waals surface area contributed by atoms with Crippen molar-refractivity contribution in [3.05, 3.63) is 54.1 Å². The quantitative estimate of drug-likeness (QED) is 0.874. The predicted octanol–water partition coefficient (Wildman–Crippen LogP) is 3.57. The predicted molar refractivity (Wildman–Crippen MR) is 79.3 cm³/mol. The summed E-state index contributed by atoms with van der Waals surface area (Å²) in [6.07, 6.45) is 1.21. The lowest BCUT2D eigenvalue weighted by Crippen LogP contribution is -1.92. The first-order chi connectivity index (χ1) is 10.1. The van der Waals surface area contributed by atoms with E-state index in [1.807, 2.05) is 42.5 Å². The van der Waals surface area contributed by atoms with Crippen molar-refractivity contribution >= 4 is 11.5 Å². The van der Waals surface area contributed by atoms with Gasteiger partial charge < -0.3 is 14.6 Å². The Morgan fingerprint density at radius 2 is 1.86 bits per heavy atom. The van der Waals surface area contributed by atoms with Gasteiger partial charge in [-0.1, -0.05) is 24.3 Å². The fraction of sp³-hybridized carbons (Fsp3) is 0.118. The monoisotopic (exact) mass is 282 g/mol. The Morgan fingerprint density at radius 3 is 2.67 bits per heavy atom. The molecule has 2 aromatic rings. The molecule has 21 heavy (non-hydrogen) atoms. The van der Waals surface area contributed by atoms with Gasteiger partial charge in [0.15, 0.2) is 11.5 Å². The van der Waals surface area contributed by atoms with Crippen LogP contribution >= 0.6 is 0 Å². The third kappa shape index (κ3) is 2.74. The van der Waals surface area contributed by atoms with E-state index in [0.717, 1.165) is 28.2 Å². The normalized spacial score (nSPS) is 13.3. The standard InChI is InChI=1S/C17H14O4/c1-11(7-17(18)19)12-3-2-4-13(8-12)14-5-6-15-16(9-14)21-10-20-15/h2-9H,10H2,1H3,(H,18,19)/b11-7+. The largest absolute Gasteiger partial charge is 0.478 e. The van der Waals surface area contributed by atoms with Crippen molar-refractivity contribution in [2.75, 3.05) is 6.79 Å². The van der Waals surface area contributed by atoms with Gasteiger partial charge in [0, 0.05) is 6.08 Å². The van der Waals surface area contributed by atoms with Gasteiger partial charge in [-0.05, 0) is 47.4 Å². The van der Waals surface area contributed by atoms with Crippen LogP contribution in [0.4, 0.5) is 0 Å². The number of carbonyl (C=O) groups is 1. The van der Waals surface area contributed by atoms with Gasteiger partial charge in [0.2, 0.25) is 6.79 Å². The molecule has 0 spiro atoms. The number of allylic oxidation sites excluding steroid dienone is 1. The Hall–Kier alpha value is -2.75. The van der Waals surface area contributed by atoms with Crippen LogP contribution in [-0.2, 0) is 4.79 Å². The van der Waals surface area contributed by atoms with Crippen LogP contribution in [0.25, 0.3) is 16.7 Å². The van der Waals surface area contributed by atoms with Crippen molar-refractivity contribution in [3.63, 3.8) is 0 Å². The molecule has 3 rings (SSSR count). The van der Waals surface area contributed by atoms with Crippen LogP contribution in [0.3, 0.4) is 0 Å². The van der Waals surface area contributed by atoms with Gasteiger partial charge in [-0.25, -0.2) is 4.79 Å². The van der Waals surface area contributed by atoms with Crippen LogP contribution in [0.5, 0.6) is 11.5 Å². The first-order valence-electron chi connectivity index (χ1n) is 6.55. The van der Waals surface area contributed by atoms with Crippen LogP contribution in [-0.4, -0.2) is 17.9 Å². The van der Waals surface area contributed by atoms with Crippen LogP contribution in [0.15, 0.2) is 48.5 Å². The molecule has 0 atom stereocenters. The number of aliphatic carboxylic acids is 1. The average Bonchev–Trinajstić information content (AvgIpc) is 2.94. The van der Waals surface area contributed by atoms with Gasteiger partial charge in [0.05, 0.1) is 0 Å². The highest BCUT2D eigenvalue weighted by Crippen LogP contribution is 2.36. The second kappa shape index (κ2) is 5.32. The summed E-state index contributed by atoms with van der Waals surface area (Å²) < 4.78 is 10.7. The minimum absolute atomic E-state index is 0.249. The van der Waals surface area contributed by atoms with Gasteiger partial charge in [0.1, 0.15) is 0 Å². The second-order valence-electron chi connectivity index (χ2n) is 4.81. The number of fused-ring (bicyclic) bond motifs is 1. The second-order valence-corrected chi connectivity index (χ2v) is 4.81. The molecule has 1 heterocycles. The van der Waals surface area contributed by atoms with Gasteiger partial charge in [-0.2, -0.15) is 0 Å². The first kappa shape index (κ1) is 13.2. The molecule has 0 bridgehead atoms. The molecule has 4 heteroatoms. The zero-order valence-electron chi connectivity index (χ0n) is 11.5. The fourth-order valence-electron chi connectivity index (χ4n) is 2.29. The summed E-state index contributed by atoms with van der Waals surface area (Å²) in [7, 11) is 0. The molecule has 0 radical (unpaired) electrons. The van der Waals surface area contributed by atoms with Crippen molar-refractivity contribution in [2.24, 2.45) is 0 Å². The highest BCUT2D eigenvalue weighted by molar-refractivity contribution is 5.90. The molecule has 1 aliphatic rings. The molecule has 0 amide bonds. The summed E-state index contributed by atoms with van der Waals surface area (Å²) in [5, 5.41) is 8.83. The van der Waals surface area contributed by atoms with E-state index in [1.54, 1.807) is 6.92 Å². The number of carboxylic acid groups (broad SMARTS) is 1. The number of carboxylic acids is 1. The van der Waals surface area contributed by atoms with Crippen LogP contribution in [0.2, 0.25) is 0 Å². The summed E-state index contributed by atoms with van der Waals surface area (Å²) in [5.74, 6) is 0.536. The molecular weight excluding hydrogens is 268 g/mol. The van der Waals surface area contributed by atoms with E-state index in [-0.39, 0.29) is 6.79 Å². The van der Waals surface area contributed by atoms with Crippen LogP contribution in [0, 0.1) is 0 Å². The lowest BCUT2D eigenvalue weighted by atomic mass is 9.99. The first-order valence-corrected chi connectivity index (χ1v) is 6.55. The number of hydrogen-bond acceptors (Lipinski definition) is 3. The third-order valence-corrected chi connectivity index (χ3v) is 3.36. The summed E-state index contributed by atoms with van der Waals surface area (Å²) in [6.45, 7) is 2.03. The smallest absolute Gasteiger partial charge is 0.328 e. The molecule has 0 fully saturated rings. The maximum atomic E-state index is 10.8. The minimum Gasteiger partial charge on any atom is -0.478 e. The topological polar surface area (TPSA) is 55.8 Å². The van der Waals surface area contributed by atoms with E-state index in [0.29, 0.717) is 5.57 Å². The molecule has 0 unspecified atom stereocenters. The Bertz CT molecular complexity index is 731. The molecule has 106 valence electrons. The van der Waals surface area contributed by atoms with E-state index >= 15 is 0 Å². The fourth-order valence-corrected chi connectivity index (χ4v) is 2.29. The van der Waals surface area contributed by atoms with Crippen molar-refractivity contribution in [1.82, 2.24) is 0 Å². The molecule has 4 nitrogen and oxygen atoms in total. The molecular formula is C17H14O4. The highest BCUT2D eigenvalue weighted by atomic mass is 16.7. The van der Waals surface area contributed by atoms with Gasteiger partial charge in [-0.3, -0.25) is 0 Å². The van der Waals surface area contributed by atoms with E-state index in [4.69, 9.17) is 14.6 Å². The molecule has 0 saturated carbocycles. The van der Waals surface area contributed by atoms with Gasteiger partial charge in [0.25, 0.3) is 0 Å². The van der Waals surface area contributed by atoms with Crippen molar-refractivity contribution in [2.45, 2.75) is 6.92 Å². The minimum atomic E-state index is -0.944. The average molecular weight is 282 g/mol. The Kier molecular flexibility index (Phi) is 3.36. The number of hydrogen-bond donors (Lipinski definition) is 1. The molecule has 0 aromatic heterocycles. The maximum Gasteiger partial charge on any atom is 0.328 e. The van der Waals surface area contributed by atoms with Crippen molar-refractivity contribution in [3.8, 4) is 22.6 Å². The molecule has 0 aliphatic carbocycles. The highest BCUT2D eigenvalue weighted by Gasteiger charge is 2.14. The molecule has 1 N–H and O–H groups in total. The Morgan fingerprint density at radius 1 is 1.10 bits per heavy atom. The summed E-state index contributed by atoms with van der Waals surface area (Å²) >= 11 is 0. The number of ether oxygens (including phenoxy) is 2. The Labute approximate surface area is 122 Å². The summed E-state index contributed by atoms with van der Waals surface area (Å²) in [4.78, 5) is 10.8. The molecule has 2 aromatic carbocycles. The summed E-state index contributed by atoms with van der Waals surface area (Å²) in [6, 6.07) is 13.5. The van der Waals surface area contributed by atoms with Crippen molar-refractivity contribution in [1.29, 1.82) is 0 Å². The maximum absolute atomic E-state index is 10.8. The lowest BCUT2D eigenvalue weighted by Gasteiger charge is -2.07. The zero-order valence-corrected chi connectivity index (χ0v) is 11.5. The van der Waals surface area contributed by atoms with E-state index < -0.39 is 5.97 Å². The number of rotatable bonds is 3. The van der Waals surface area contributed by atoms with Gasteiger partial charge >= 0.3 is 5.97 Å². The van der Waals surface area contributed by atoms with E-state index in [9.17, 15) is 4.79 Å².